The summed E-state index contributed by atoms with van der Waals surface area (Å²) in [7, 11) is 1.82. The zero-order chi connectivity index (χ0) is 18.7. The fraction of sp³-hybridized carbons (Fsp3) is 0.176. The molecule has 1 aromatic carbocycles. The maximum Gasteiger partial charge on any atom is 0.338 e. The molecule has 0 bridgehead atoms. The number of carboxylic acids is 1. The van der Waals surface area contributed by atoms with Crippen LogP contribution in [0.1, 0.15) is 22.0 Å². The van der Waals surface area contributed by atoms with Crippen molar-refractivity contribution in [3.05, 3.63) is 58.0 Å². The van der Waals surface area contributed by atoms with E-state index < -0.39 is 5.97 Å². The van der Waals surface area contributed by atoms with Crippen LogP contribution in [-0.4, -0.2) is 39.6 Å². The van der Waals surface area contributed by atoms with E-state index >= 15 is 0 Å². The molecule has 2 heterocycles. The van der Waals surface area contributed by atoms with E-state index in [0.717, 1.165) is 5.56 Å². The summed E-state index contributed by atoms with van der Waals surface area (Å²) in [4.78, 5) is 23.9. The van der Waals surface area contributed by atoms with Crippen molar-refractivity contribution in [2.75, 3.05) is 18.9 Å². The summed E-state index contributed by atoms with van der Waals surface area (Å²) in [6.45, 7) is 0.572. The second-order valence-corrected chi connectivity index (χ2v) is 6.33. The van der Waals surface area contributed by atoms with Crippen molar-refractivity contribution in [2.24, 2.45) is 0 Å². The predicted molar refractivity (Wildman–Crippen MR) is 101 cm³/mol. The van der Waals surface area contributed by atoms with Gasteiger partial charge in [0.1, 0.15) is 17.4 Å². The first-order valence-electron chi connectivity index (χ1n) is 7.70. The molecular formula is C17H15Cl2N5O2. The summed E-state index contributed by atoms with van der Waals surface area (Å²) in [6, 6.07) is 6.58. The number of aromatic nitrogens is 3. The van der Waals surface area contributed by atoms with Crippen molar-refractivity contribution in [2.45, 2.75) is 6.04 Å². The van der Waals surface area contributed by atoms with Gasteiger partial charge in [-0.25, -0.2) is 14.8 Å². The molecule has 0 aliphatic rings. The van der Waals surface area contributed by atoms with E-state index in [1.165, 1.54) is 18.6 Å². The number of anilines is 1. The number of hydrogen-bond donors (Lipinski definition) is 3. The normalized spacial score (nSPS) is 12.1. The minimum absolute atomic E-state index is 0.0696. The lowest BCUT2D eigenvalue weighted by molar-refractivity contribution is 0.0698. The highest BCUT2D eigenvalue weighted by atomic mass is 35.5. The zero-order valence-electron chi connectivity index (χ0n) is 13.7. The third-order valence-electron chi connectivity index (χ3n) is 3.82. The van der Waals surface area contributed by atoms with Gasteiger partial charge < -0.3 is 15.7 Å². The van der Waals surface area contributed by atoms with Crippen LogP contribution in [0, 0.1) is 0 Å². The summed E-state index contributed by atoms with van der Waals surface area (Å²) in [5.74, 6) is -0.636. The molecule has 0 aliphatic heterocycles. The molecule has 26 heavy (non-hydrogen) atoms. The van der Waals surface area contributed by atoms with Crippen LogP contribution in [0.25, 0.3) is 11.0 Å². The quantitative estimate of drug-likeness (QED) is 0.591. The van der Waals surface area contributed by atoms with E-state index in [-0.39, 0.29) is 17.1 Å². The fourth-order valence-electron chi connectivity index (χ4n) is 2.59. The number of carbonyl (C=O) groups is 1. The molecule has 7 nitrogen and oxygen atoms in total. The van der Waals surface area contributed by atoms with Crippen molar-refractivity contribution in [3.8, 4) is 0 Å². The lowest BCUT2D eigenvalue weighted by Gasteiger charge is -2.20. The fourth-order valence-corrected chi connectivity index (χ4v) is 2.90. The largest absolute Gasteiger partial charge is 0.478 e. The summed E-state index contributed by atoms with van der Waals surface area (Å²) in [5.41, 5.74) is 1.62. The molecule has 1 unspecified atom stereocenters. The number of hydrogen-bond acceptors (Lipinski definition) is 6. The molecule has 3 rings (SSSR count). The molecule has 1 atom stereocenters. The molecule has 0 fully saturated rings. The molecule has 0 spiro atoms. The van der Waals surface area contributed by atoms with E-state index in [4.69, 9.17) is 23.2 Å². The van der Waals surface area contributed by atoms with Gasteiger partial charge in [0.2, 0.25) is 0 Å². The van der Waals surface area contributed by atoms with Crippen LogP contribution < -0.4 is 10.6 Å². The van der Waals surface area contributed by atoms with Crippen LogP contribution in [0.2, 0.25) is 10.0 Å². The first-order valence-corrected chi connectivity index (χ1v) is 8.46. The molecule has 9 heteroatoms. The van der Waals surface area contributed by atoms with Gasteiger partial charge >= 0.3 is 5.97 Å². The van der Waals surface area contributed by atoms with Crippen LogP contribution in [-0.2, 0) is 0 Å². The maximum atomic E-state index is 11.4. The Kier molecular flexibility index (Phi) is 5.51. The molecule has 3 N–H and O–H groups in total. The number of pyridine rings is 1. The lowest BCUT2D eigenvalue weighted by atomic mass is 10.1. The summed E-state index contributed by atoms with van der Waals surface area (Å²) in [6.07, 6.45) is 2.73. The van der Waals surface area contributed by atoms with Crippen LogP contribution in [0.15, 0.2) is 36.8 Å². The molecule has 0 saturated heterocycles. The highest BCUT2D eigenvalue weighted by Crippen LogP contribution is 2.28. The van der Waals surface area contributed by atoms with Crippen molar-refractivity contribution in [1.29, 1.82) is 0 Å². The molecule has 0 saturated carbocycles. The Labute approximate surface area is 159 Å². The van der Waals surface area contributed by atoms with Gasteiger partial charge in [-0.05, 0) is 30.8 Å². The average Bonchev–Trinajstić information content (AvgIpc) is 2.63. The number of halogens is 2. The molecule has 0 amide bonds. The Morgan fingerprint density at radius 3 is 2.65 bits per heavy atom. The van der Waals surface area contributed by atoms with E-state index in [1.54, 1.807) is 12.1 Å². The standard InChI is InChI=1S/C17H15Cl2N5O2/c1-20-7-13(9-2-3-11(18)12(19)6-9)24-16-15-14(22-8-23-16)10(17(25)26)4-5-21-15/h2-6,8,13,20H,7H2,1H3,(H,25,26)(H,22,23,24). The molecule has 0 radical (unpaired) electrons. The van der Waals surface area contributed by atoms with Gasteiger partial charge in [0.05, 0.1) is 21.7 Å². The Balaban J connectivity index is 2.03. The van der Waals surface area contributed by atoms with E-state index in [2.05, 4.69) is 25.6 Å². The van der Waals surface area contributed by atoms with Gasteiger partial charge in [-0.15, -0.1) is 0 Å². The van der Waals surface area contributed by atoms with E-state index in [1.807, 2.05) is 13.1 Å². The topological polar surface area (TPSA) is 100 Å². The number of fused-ring (bicyclic) bond motifs is 1. The number of rotatable bonds is 6. The number of carboxylic acid groups (broad SMARTS) is 1. The summed E-state index contributed by atoms with van der Waals surface area (Å²) < 4.78 is 0. The Morgan fingerprint density at radius 1 is 1.15 bits per heavy atom. The Morgan fingerprint density at radius 2 is 1.96 bits per heavy atom. The highest BCUT2D eigenvalue weighted by molar-refractivity contribution is 6.42. The van der Waals surface area contributed by atoms with E-state index in [0.29, 0.717) is 27.9 Å². The number of nitrogens with zero attached hydrogens (tertiary/aromatic N) is 3. The Bertz CT molecular complexity index is 967. The lowest BCUT2D eigenvalue weighted by Crippen LogP contribution is -2.24. The average molecular weight is 392 g/mol. The first kappa shape index (κ1) is 18.3. The molecule has 3 aromatic rings. The zero-order valence-corrected chi connectivity index (χ0v) is 15.2. The van der Waals surface area contributed by atoms with Crippen molar-refractivity contribution in [3.63, 3.8) is 0 Å². The molecular weight excluding hydrogens is 377 g/mol. The first-order chi connectivity index (χ1) is 12.5. The van der Waals surface area contributed by atoms with Gasteiger partial charge in [-0.2, -0.15) is 0 Å². The minimum Gasteiger partial charge on any atom is -0.478 e. The van der Waals surface area contributed by atoms with Crippen LogP contribution in [0.5, 0.6) is 0 Å². The molecule has 134 valence electrons. The smallest absolute Gasteiger partial charge is 0.338 e. The van der Waals surface area contributed by atoms with Crippen molar-refractivity contribution < 1.29 is 9.90 Å². The molecule has 2 aromatic heterocycles. The van der Waals surface area contributed by atoms with Gasteiger partial charge in [-0.1, -0.05) is 29.3 Å². The number of benzene rings is 1. The Hall–Kier alpha value is -2.48. The van der Waals surface area contributed by atoms with E-state index in [9.17, 15) is 9.90 Å². The monoisotopic (exact) mass is 391 g/mol. The third-order valence-corrected chi connectivity index (χ3v) is 4.56. The van der Waals surface area contributed by atoms with Crippen molar-refractivity contribution in [1.82, 2.24) is 20.3 Å². The van der Waals surface area contributed by atoms with Crippen LogP contribution in [0.4, 0.5) is 5.82 Å². The van der Waals surface area contributed by atoms with Crippen LogP contribution in [0.3, 0.4) is 0 Å². The molecule has 0 aliphatic carbocycles. The summed E-state index contributed by atoms with van der Waals surface area (Å²) >= 11 is 12.1. The second-order valence-electron chi connectivity index (χ2n) is 5.51. The van der Waals surface area contributed by atoms with Gasteiger partial charge in [0.25, 0.3) is 0 Å². The van der Waals surface area contributed by atoms with Crippen molar-refractivity contribution >= 4 is 46.0 Å². The number of likely N-dealkylation sites (N-methyl/N-ethyl adjacent to an activating group) is 1. The predicted octanol–water partition coefficient (Wildman–Crippen LogP) is 3.40. The summed E-state index contributed by atoms with van der Waals surface area (Å²) in [5, 5.41) is 16.6. The maximum absolute atomic E-state index is 11.4. The third kappa shape index (κ3) is 3.70. The number of aromatic carboxylic acids is 1. The SMILES string of the molecule is CNCC(Nc1ncnc2c(C(=O)O)ccnc12)c1ccc(Cl)c(Cl)c1. The number of nitrogens with one attached hydrogen (secondary N) is 2. The minimum atomic E-state index is -1.07. The van der Waals surface area contributed by atoms with Gasteiger partial charge in [0, 0.05) is 12.7 Å². The van der Waals surface area contributed by atoms with Gasteiger partial charge in [0.15, 0.2) is 5.82 Å². The van der Waals surface area contributed by atoms with Gasteiger partial charge in [-0.3, -0.25) is 4.98 Å². The van der Waals surface area contributed by atoms with Crippen LogP contribution >= 0.6 is 23.2 Å². The second kappa shape index (κ2) is 7.82. The highest BCUT2D eigenvalue weighted by Gasteiger charge is 2.18.